The smallest absolute Gasteiger partial charge is 0.329 e. The van der Waals surface area contributed by atoms with Crippen LogP contribution in [0.4, 0.5) is 0 Å². The van der Waals surface area contributed by atoms with Crippen molar-refractivity contribution in [2.24, 2.45) is 5.73 Å². The number of hydrogen-bond donors (Lipinski definition) is 4. The van der Waals surface area contributed by atoms with Crippen LogP contribution < -0.4 is 10.5 Å². The van der Waals surface area contributed by atoms with E-state index in [0.29, 0.717) is 11.1 Å². The van der Waals surface area contributed by atoms with Crippen LogP contribution in [0.15, 0.2) is 89.6 Å². The highest BCUT2D eigenvalue weighted by Gasteiger charge is 2.47. The molecule has 2 aromatic carbocycles. The zero-order valence-corrected chi connectivity index (χ0v) is 27.1. The van der Waals surface area contributed by atoms with E-state index < -0.39 is 36.2 Å². The third-order valence-corrected chi connectivity index (χ3v) is 9.45. The number of pyridine rings is 1. The van der Waals surface area contributed by atoms with Gasteiger partial charge in [0.2, 0.25) is 11.8 Å². The lowest BCUT2D eigenvalue weighted by Gasteiger charge is -2.36. The Morgan fingerprint density at radius 3 is 2.65 bits per heavy atom. The van der Waals surface area contributed by atoms with Crippen LogP contribution in [0, 0.1) is 6.92 Å². The Labute approximate surface area is 278 Å². The van der Waals surface area contributed by atoms with E-state index in [0.717, 1.165) is 16.7 Å². The van der Waals surface area contributed by atoms with Gasteiger partial charge in [-0.15, -0.1) is 10.2 Å². The van der Waals surface area contributed by atoms with Crippen molar-refractivity contribution in [2.45, 2.75) is 42.0 Å². The van der Waals surface area contributed by atoms with Gasteiger partial charge in [0, 0.05) is 12.4 Å². The summed E-state index contributed by atoms with van der Waals surface area (Å²) >= 11 is 10.6. The van der Waals surface area contributed by atoms with Crippen LogP contribution in [0.3, 0.4) is 0 Å². The number of aliphatic carboxylic acids is 1. The van der Waals surface area contributed by atoms with Crippen LogP contribution in [0.25, 0.3) is 5.57 Å². The SMILES string of the molecule is Cc1ccccc1C1=CC=CC(COc2ccc(C(OCc3cccnc3)C(N)(CO)C(=O)O)cc2Cl)(c2nnc(CO)o2)C1Br. The van der Waals surface area contributed by atoms with Gasteiger partial charge in [-0.3, -0.25) is 9.78 Å². The van der Waals surface area contributed by atoms with E-state index in [1.54, 1.807) is 36.7 Å². The highest BCUT2D eigenvalue weighted by Crippen LogP contribution is 2.45. The van der Waals surface area contributed by atoms with Crippen molar-refractivity contribution < 1.29 is 34.0 Å². The zero-order valence-electron chi connectivity index (χ0n) is 24.7. The first kappa shape index (κ1) is 33.5. The highest BCUT2D eigenvalue weighted by molar-refractivity contribution is 9.09. The number of allylic oxidation sites excluding steroid dienone is 3. The van der Waals surface area contributed by atoms with E-state index >= 15 is 0 Å². The number of hydrogen-bond acceptors (Lipinski definition) is 10. The molecular formula is C33H32BrClN4O7. The molecule has 0 bridgehead atoms. The summed E-state index contributed by atoms with van der Waals surface area (Å²) < 4.78 is 18.1. The molecule has 4 aromatic rings. The third-order valence-electron chi connectivity index (χ3n) is 7.84. The van der Waals surface area contributed by atoms with E-state index in [2.05, 4.69) is 31.1 Å². The van der Waals surface area contributed by atoms with E-state index in [9.17, 15) is 20.1 Å². The first-order valence-corrected chi connectivity index (χ1v) is 15.5. The van der Waals surface area contributed by atoms with Gasteiger partial charge in [-0.1, -0.05) is 82.2 Å². The van der Waals surface area contributed by atoms with Crippen molar-refractivity contribution in [2.75, 3.05) is 13.2 Å². The first-order valence-electron chi connectivity index (χ1n) is 14.2. The van der Waals surface area contributed by atoms with Gasteiger partial charge >= 0.3 is 5.97 Å². The number of aliphatic hydroxyl groups is 2. The predicted molar refractivity (Wildman–Crippen MR) is 173 cm³/mol. The Morgan fingerprint density at radius 1 is 1.20 bits per heavy atom. The maximum Gasteiger partial charge on any atom is 0.329 e. The summed E-state index contributed by atoms with van der Waals surface area (Å²) in [4.78, 5) is 15.9. The average molecular weight is 712 g/mol. The van der Waals surface area contributed by atoms with Crippen molar-refractivity contribution in [1.29, 1.82) is 0 Å². The molecule has 11 nitrogen and oxygen atoms in total. The fourth-order valence-corrected chi connectivity index (χ4v) is 6.35. The summed E-state index contributed by atoms with van der Waals surface area (Å²) in [5.74, 6) is -0.888. The van der Waals surface area contributed by atoms with Crippen molar-refractivity contribution in [3.63, 3.8) is 0 Å². The van der Waals surface area contributed by atoms with Gasteiger partial charge in [0.25, 0.3) is 0 Å². The van der Waals surface area contributed by atoms with Crippen molar-refractivity contribution >= 4 is 39.1 Å². The predicted octanol–water partition coefficient (Wildman–Crippen LogP) is 4.68. The largest absolute Gasteiger partial charge is 0.491 e. The number of rotatable bonds is 13. The Balaban J connectivity index is 1.46. The van der Waals surface area contributed by atoms with Crippen LogP contribution >= 0.6 is 27.5 Å². The summed E-state index contributed by atoms with van der Waals surface area (Å²) in [5.41, 5.74) is 7.05. The summed E-state index contributed by atoms with van der Waals surface area (Å²) in [6.07, 6.45) is 7.69. The zero-order chi connectivity index (χ0) is 32.9. The van der Waals surface area contributed by atoms with Gasteiger partial charge in [-0.25, -0.2) is 0 Å². The Hall–Kier alpha value is -3.91. The van der Waals surface area contributed by atoms with E-state index in [4.69, 9.17) is 31.2 Å². The molecule has 0 spiro atoms. The number of nitrogens with two attached hydrogens (primary N) is 1. The molecule has 0 aliphatic heterocycles. The van der Waals surface area contributed by atoms with Gasteiger partial charge in [0.1, 0.15) is 30.5 Å². The van der Waals surface area contributed by atoms with E-state index in [1.807, 2.05) is 49.4 Å². The van der Waals surface area contributed by atoms with Gasteiger partial charge in [0.15, 0.2) is 5.54 Å². The van der Waals surface area contributed by atoms with Gasteiger partial charge in [0.05, 0.1) is 23.1 Å². The second-order valence-corrected chi connectivity index (χ2v) is 12.2. The molecule has 5 rings (SSSR count). The van der Waals surface area contributed by atoms with Gasteiger partial charge < -0.3 is 34.9 Å². The maximum absolute atomic E-state index is 12.2. The maximum atomic E-state index is 12.2. The summed E-state index contributed by atoms with van der Waals surface area (Å²) in [7, 11) is 0. The van der Waals surface area contributed by atoms with Crippen LogP contribution in [-0.2, 0) is 28.2 Å². The molecule has 4 atom stereocenters. The number of benzene rings is 2. The minimum atomic E-state index is -2.17. The van der Waals surface area contributed by atoms with Crippen molar-refractivity contribution in [1.82, 2.24) is 15.2 Å². The van der Waals surface area contributed by atoms with Crippen LogP contribution in [0.2, 0.25) is 5.02 Å². The van der Waals surface area contributed by atoms with Gasteiger partial charge in [-0.05, 0) is 52.9 Å². The molecule has 0 amide bonds. The van der Waals surface area contributed by atoms with Crippen LogP contribution in [0.1, 0.15) is 40.1 Å². The lowest BCUT2D eigenvalue weighted by Crippen LogP contribution is -2.56. The Bertz CT molecular complexity index is 1750. The number of carboxylic acids is 1. The normalized spacial score (nSPS) is 19.7. The molecular weight excluding hydrogens is 680 g/mol. The second kappa shape index (κ2) is 14.2. The number of ether oxygens (including phenoxy) is 2. The molecule has 0 fully saturated rings. The number of alkyl halides is 1. The molecule has 46 heavy (non-hydrogen) atoms. The van der Waals surface area contributed by atoms with Crippen molar-refractivity contribution in [3.8, 4) is 5.75 Å². The molecule has 0 radical (unpaired) electrons. The molecule has 4 unspecified atom stereocenters. The minimum absolute atomic E-state index is 0.0116. The molecule has 5 N–H and O–H groups in total. The summed E-state index contributed by atoms with van der Waals surface area (Å²) in [6, 6.07) is 16.1. The molecule has 0 saturated heterocycles. The molecule has 1 aliphatic carbocycles. The molecule has 13 heteroatoms. The second-order valence-electron chi connectivity index (χ2n) is 10.9. The monoisotopic (exact) mass is 710 g/mol. The number of aliphatic hydroxyl groups excluding tert-OH is 2. The quantitative estimate of drug-likeness (QED) is 0.142. The summed E-state index contributed by atoms with van der Waals surface area (Å²) in [5, 5.41) is 38.0. The fraction of sp³-hybridized carbons (Fsp3) is 0.273. The summed E-state index contributed by atoms with van der Waals surface area (Å²) in [6.45, 7) is 0.676. The number of halogens is 2. The fourth-order valence-electron chi connectivity index (χ4n) is 5.22. The number of nitrogens with zero attached hydrogens (tertiary/aromatic N) is 3. The number of carboxylic acid groups (broad SMARTS) is 1. The molecule has 240 valence electrons. The number of aryl methyl sites for hydroxylation is 1. The topological polar surface area (TPSA) is 174 Å². The number of aromatic nitrogens is 3. The van der Waals surface area contributed by atoms with E-state index in [-0.39, 0.29) is 40.6 Å². The minimum Gasteiger partial charge on any atom is -0.491 e. The lowest BCUT2D eigenvalue weighted by atomic mass is 9.76. The Morgan fingerprint density at radius 2 is 2.00 bits per heavy atom. The average Bonchev–Trinajstić information content (AvgIpc) is 3.56. The van der Waals surface area contributed by atoms with Crippen molar-refractivity contribution in [3.05, 3.63) is 124 Å². The molecule has 2 heterocycles. The first-order chi connectivity index (χ1) is 22.1. The third kappa shape index (κ3) is 6.63. The van der Waals surface area contributed by atoms with Crippen LogP contribution in [-0.4, -0.2) is 60.1 Å². The van der Waals surface area contributed by atoms with Gasteiger partial charge in [-0.2, -0.15) is 0 Å². The highest BCUT2D eigenvalue weighted by atomic mass is 79.9. The van der Waals surface area contributed by atoms with E-state index in [1.165, 1.54) is 6.07 Å². The lowest BCUT2D eigenvalue weighted by molar-refractivity contribution is -0.154. The Kier molecular flexibility index (Phi) is 10.4. The number of carbonyl (C=O) groups is 1. The van der Waals surface area contributed by atoms with Crippen LogP contribution in [0.5, 0.6) is 5.75 Å². The molecule has 1 aliphatic rings. The standard InChI is InChI=1S/C33H32BrClN4O7/c1-20-6-2-3-8-23(20)24-9-4-12-32(28(24)34,30-39-38-27(16-40)46-30)19-45-26-11-10-22(14-25(26)35)29(33(36,18-41)31(42)43)44-17-21-7-5-13-37-15-21/h2-15,28-29,40-41H,16-19,36H2,1H3,(H,42,43). The molecule has 2 aromatic heterocycles. The molecule has 0 saturated carbocycles.